The molecule has 3 heterocycles. The smallest absolute Gasteiger partial charge is 0.381 e. The number of tetrazole rings is 1. The second kappa shape index (κ2) is 9.67. The number of carbonyl (C=O) groups excluding carboxylic acids is 1. The molecule has 2 aliphatic rings. The number of rotatable bonds is 6. The average molecular weight is 520 g/mol. The third-order valence-electron chi connectivity index (χ3n) is 6.15. The normalized spacial score (nSPS) is 19.5. The topological polar surface area (TPSA) is 143 Å². The first-order valence-corrected chi connectivity index (χ1v) is 12.2. The van der Waals surface area contributed by atoms with E-state index in [0.29, 0.717) is 23.4 Å². The van der Waals surface area contributed by atoms with Crippen molar-refractivity contribution < 1.29 is 36.3 Å². The van der Waals surface area contributed by atoms with Crippen LogP contribution in [0.25, 0.3) is 11.4 Å². The molecule has 2 aliphatic heterocycles. The van der Waals surface area contributed by atoms with Gasteiger partial charge in [-0.15, -0.1) is 10.2 Å². The monoisotopic (exact) mass is 519 g/mol. The van der Waals surface area contributed by atoms with Crippen LogP contribution in [0.4, 0.5) is 18.9 Å². The minimum atomic E-state index is -4.45. The van der Waals surface area contributed by atoms with Gasteiger partial charge in [0.05, 0.1) is 0 Å². The van der Waals surface area contributed by atoms with Crippen LogP contribution in [0.3, 0.4) is 0 Å². The molecule has 0 atom stereocenters. The highest BCUT2D eigenvalue weighted by Gasteiger charge is 2.54. The Hall–Kier alpha value is -2.82. The molecule has 0 bridgehead atoms. The summed E-state index contributed by atoms with van der Waals surface area (Å²) in [6, 6.07) is 6.78. The number of alkyl halides is 3. The summed E-state index contributed by atoms with van der Waals surface area (Å²) in [7, 11) is -4.07. The molecule has 16 heteroatoms. The number of halogens is 3. The Morgan fingerprint density at radius 1 is 1.11 bits per heavy atom. The lowest BCUT2D eigenvalue weighted by Gasteiger charge is -2.42. The van der Waals surface area contributed by atoms with Gasteiger partial charge in [0.1, 0.15) is 0 Å². The Labute approximate surface area is 198 Å². The minimum absolute atomic E-state index is 0.0506. The third kappa shape index (κ3) is 5.10. The molecule has 35 heavy (non-hydrogen) atoms. The fourth-order valence-electron chi connectivity index (χ4n) is 4.25. The van der Waals surface area contributed by atoms with Crippen molar-refractivity contribution in [2.75, 3.05) is 44.3 Å². The lowest BCUT2D eigenvalue weighted by molar-refractivity contribution is -0.145. The van der Waals surface area contributed by atoms with Crippen LogP contribution in [0.15, 0.2) is 24.3 Å². The molecule has 2 N–H and O–H groups in total. The predicted octanol–water partition coefficient (Wildman–Crippen LogP) is 0.409. The van der Waals surface area contributed by atoms with Crippen molar-refractivity contribution in [2.45, 2.75) is 30.3 Å². The summed E-state index contributed by atoms with van der Waals surface area (Å²) in [6.45, 7) is -0.162. The van der Waals surface area contributed by atoms with Crippen LogP contribution in [-0.4, -0.2) is 94.4 Å². The number of hydrogen-bond donors (Lipinski definition) is 2. The lowest BCUT2D eigenvalue weighted by Crippen LogP contribution is -2.62. The number of piperazine rings is 1. The van der Waals surface area contributed by atoms with E-state index in [1.165, 1.54) is 9.79 Å². The highest BCUT2D eigenvalue weighted by atomic mass is 32.2. The first kappa shape index (κ1) is 25.3. The van der Waals surface area contributed by atoms with Gasteiger partial charge in [0.25, 0.3) is 5.91 Å². The molecule has 1 aromatic heterocycles. The minimum Gasteiger partial charge on any atom is -0.381 e. The van der Waals surface area contributed by atoms with Crippen LogP contribution in [0, 0.1) is 0 Å². The van der Waals surface area contributed by atoms with E-state index in [2.05, 4.69) is 15.4 Å². The largest absolute Gasteiger partial charge is 0.409 e. The molecule has 192 valence electrons. The Bertz CT molecular complexity index is 1140. The molecule has 0 unspecified atom stereocenters. The van der Waals surface area contributed by atoms with Crippen molar-refractivity contribution in [3.63, 3.8) is 0 Å². The van der Waals surface area contributed by atoms with E-state index < -0.39 is 33.4 Å². The molecule has 1 aromatic carbocycles. The van der Waals surface area contributed by atoms with Crippen molar-refractivity contribution in [2.24, 2.45) is 0 Å². The second-order valence-corrected chi connectivity index (χ2v) is 10.5. The molecule has 4 rings (SSSR count). The van der Waals surface area contributed by atoms with Gasteiger partial charge >= 0.3 is 6.18 Å². The molecule has 1 amide bonds. The molecular weight excluding hydrogens is 495 g/mol. The van der Waals surface area contributed by atoms with Gasteiger partial charge in [-0.1, -0.05) is 0 Å². The van der Waals surface area contributed by atoms with Crippen LogP contribution in [-0.2, 0) is 26.1 Å². The molecular formula is C19H24F3N7O5S. The van der Waals surface area contributed by atoms with Gasteiger partial charge < -0.3 is 9.64 Å². The maximum absolute atomic E-state index is 13.4. The molecule has 2 saturated heterocycles. The number of aromatic nitrogens is 4. The summed E-state index contributed by atoms with van der Waals surface area (Å²) in [5, 5.41) is 20.0. The second-order valence-electron chi connectivity index (χ2n) is 8.24. The zero-order valence-electron chi connectivity index (χ0n) is 18.5. The summed E-state index contributed by atoms with van der Waals surface area (Å²) < 4.78 is 68.9. The number of ether oxygens (including phenoxy) is 1. The van der Waals surface area contributed by atoms with E-state index in [1.807, 2.05) is 4.90 Å². The SMILES string of the molecule is O=C(NO)C1(S(=O)(=O)N2CCN(c3ccc(-c4nnn(CC(F)(F)F)n4)cc3)CC2)CCOCC1. The van der Waals surface area contributed by atoms with E-state index in [4.69, 9.17) is 9.94 Å². The number of nitrogens with one attached hydrogen (secondary N) is 1. The number of anilines is 1. The first-order valence-electron chi connectivity index (χ1n) is 10.8. The number of sulfonamides is 1. The summed E-state index contributed by atoms with van der Waals surface area (Å²) >= 11 is 0. The Balaban J connectivity index is 1.42. The number of nitrogens with zero attached hydrogens (tertiary/aromatic N) is 6. The van der Waals surface area contributed by atoms with Crippen molar-refractivity contribution in [3.8, 4) is 11.4 Å². The highest BCUT2D eigenvalue weighted by Crippen LogP contribution is 2.34. The van der Waals surface area contributed by atoms with Crippen LogP contribution in [0.1, 0.15) is 12.8 Å². The van der Waals surface area contributed by atoms with Crippen molar-refractivity contribution in [1.29, 1.82) is 0 Å². The maximum atomic E-state index is 13.4. The van der Waals surface area contributed by atoms with Gasteiger partial charge in [0.2, 0.25) is 15.8 Å². The highest BCUT2D eigenvalue weighted by molar-refractivity contribution is 7.91. The van der Waals surface area contributed by atoms with Crippen LogP contribution < -0.4 is 10.4 Å². The molecule has 12 nitrogen and oxygen atoms in total. The lowest BCUT2D eigenvalue weighted by atomic mass is 9.98. The molecule has 0 radical (unpaired) electrons. The number of carbonyl (C=O) groups is 1. The number of amides is 1. The Kier molecular flexibility index (Phi) is 6.99. The first-order chi connectivity index (χ1) is 16.6. The van der Waals surface area contributed by atoms with Crippen molar-refractivity contribution in [1.82, 2.24) is 30.0 Å². The summed E-state index contributed by atoms with van der Waals surface area (Å²) in [5.41, 5.74) is 2.77. The van der Waals surface area contributed by atoms with Gasteiger partial charge in [-0.05, 0) is 29.5 Å². The van der Waals surface area contributed by atoms with Gasteiger partial charge in [0, 0.05) is 63.5 Å². The van der Waals surface area contributed by atoms with Crippen LogP contribution in [0.2, 0.25) is 0 Å². The molecule has 0 aliphatic carbocycles. The Morgan fingerprint density at radius 3 is 2.31 bits per heavy atom. The summed E-state index contributed by atoms with van der Waals surface area (Å²) in [4.78, 5) is 14.8. The number of hydroxylamine groups is 1. The summed E-state index contributed by atoms with van der Waals surface area (Å²) in [5.74, 6) is -0.903. The van der Waals surface area contributed by atoms with E-state index in [-0.39, 0.29) is 45.0 Å². The van der Waals surface area contributed by atoms with E-state index >= 15 is 0 Å². The van der Waals surface area contributed by atoms with Gasteiger partial charge in [-0.3, -0.25) is 10.0 Å². The summed E-state index contributed by atoms with van der Waals surface area (Å²) in [6.07, 6.45) is -4.56. The predicted molar refractivity (Wildman–Crippen MR) is 115 cm³/mol. The maximum Gasteiger partial charge on any atom is 0.409 e. The average Bonchev–Trinajstić information content (AvgIpc) is 3.31. The molecule has 0 spiro atoms. The van der Waals surface area contributed by atoms with E-state index in [1.54, 1.807) is 24.3 Å². The molecule has 0 saturated carbocycles. The third-order valence-corrected chi connectivity index (χ3v) is 8.78. The quantitative estimate of drug-likeness (QED) is 0.410. The zero-order valence-corrected chi connectivity index (χ0v) is 19.3. The standard InChI is InChI=1S/C19H24F3N7O5S/c20-19(21,22)13-29-24-16(23-26-29)14-1-3-15(4-2-14)27-7-9-28(10-8-27)35(32,33)18(17(30)25-31)5-11-34-12-6-18/h1-4,31H,5-13H2,(H,25,30). The van der Waals surface area contributed by atoms with Crippen LogP contribution in [0.5, 0.6) is 0 Å². The Morgan fingerprint density at radius 2 is 1.74 bits per heavy atom. The van der Waals surface area contributed by atoms with Gasteiger partial charge in [-0.25, -0.2) is 13.9 Å². The van der Waals surface area contributed by atoms with Crippen LogP contribution >= 0.6 is 0 Å². The van der Waals surface area contributed by atoms with E-state index in [9.17, 15) is 26.4 Å². The fourth-order valence-corrected chi connectivity index (χ4v) is 6.35. The zero-order chi connectivity index (χ0) is 25.3. The molecule has 2 aromatic rings. The number of hydrogen-bond acceptors (Lipinski definition) is 9. The van der Waals surface area contributed by atoms with Gasteiger partial charge in [0.15, 0.2) is 11.3 Å². The number of benzene rings is 1. The van der Waals surface area contributed by atoms with Crippen molar-refractivity contribution in [3.05, 3.63) is 24.3 Å². The fraction of sp³-hybridized carbons (Fsp3) is 0.579. The van der Waals surface area contributed by atoms with E-state index in [0.717, 1.165) is 5.69 Å². The van der Waals surface area contributed by atoms with Crippen molar-refractivity contribution >= 4 is 21.6 Å². The molecule has 2 fully saturated rings. The van der Waals surface area contributed by atoms with Gasteiger partial charge in [-0.2, -0.15) is 22.3 Å².